The molecule has 2 aliphatic carbocycles. The number of allylic oxidation sites excluding steroid dienone is 6. The molecule has 0 aromatic carbocycles. The molecule has 2 heteroatoms. The largest absolute Gasteiger partial charge is 0.366 e. The zero-order valence-electron chi connectivity index (χ0n) is 10.7. The van der Waals surface area contributed by atoms with Crippen LogP contribution in [0.4, 0.5) is 0 Å². The molecule has 4 rings (SSSR count). The van der Waals surface area contributed by atoms with Gasteiger partial charge in [-0.1, -0.05) is 30.4 Å². The lowest BCUT2D eigenvalue weighted by atomic mass is 9.82. The molecule has 0 saturated carbocycles. The molecule has 2 nitrogen and oxygen atoms in total. The number of rotatable bonds is 0. The van der Waals surface area contributed by atoms with E-state index in [0.29, 0.717) is 12.5 Å². The number of hydrogen-bond donors (Lipinski definition) is 0. The monoisotopic (exact) mass is 249 g/mol. The van der Waals surface area contributed by atoms with E-state index in [9.17, 15) is 4.79 Å². The topological polar surface area (TPSA) is 20.3 Å². The third-order valence-electron chi connectivity index (χ3n) is 4.21. The number of ketones is 1. The van der Waals surface area contributed by atoms with E-state index in [2.05, 4.69) is 47.6 Å². The summed E-state index contributed by atoms with van der Waals surface area (Å²) in [6.45, 7) is 0.972. The first kappa shape index (κ1) is 10.8. The number of fused-ring (bicyclic) bond motifs is 2. The summed E-state index contributed by atoms with van der Waals surface area (Å²) in [4.78, 5) is 14.0. The molecule has 19 heavy (non-hydrogen) atoms. The zero-order valence-corrected chi connectivity index (χ0v) is 10.7. The molecule has 0 aromatic rings. The Bertz CT molecular complexity index is 640. The van der Waals surface area contributed by atoms with Gasteiger partial charge in [0.15, 0.2) is 5.78 Å². The van der Waals surface area contributed by atoms with Crippen LogP contribution in [0.25, 0.3) is 0 Å². The Kier molecular flexibility index (Phi) is 2.25. The summed E-state index contributed by atoms with van der Waals surface area (Å²) in [5.41, 5.74) is 5.19. The van der Waals surface area contributed by atoms with Crippen LogP contribution in [0.15, 0.2) is 71.0 Å². The fourth-order valence-corrected chi connectivity index (χ4v) is 3.36. The van der Waals surface area contributed by atoms with Crippen molar-refractivity contribution in [3.8, 4) is 0 Å². The van der Waals surface area contributed by atoms with Crippen molar-refractivity contribution in [2.24, 2.45) is 0 Å². The van der Waals surface area contributed by atoms with Crippen LogP contribution in [-0.2, 0) is 4.79 Å². The van der Waals surface area contributed by atoms with Gasteiger partial charge < -0.3 is 4.90 Å². The van der Waals surface area contributed by atoms with Crippen molar-refractivity contribution in [2.75, 3.05) is 6.54 Å². The molecule has 0 aromatic heterocycles. The molecule has 0 bridgehead atoms. The zero-order chi connectivity index (χ0) is 12.8. The van der Waals surface area contributed by atoms with E-state index in [-0.39, 0.29) is 5.78 Å². The molecule has 4 aliphatic rings. The molecule has 94 valence electrons. The Hall–Kier alpha value is -2.09. The molecule has 2 heterocycles. The van der Waals surface area contributed by atoms with E-state index < -0.39 is 0 Å². The highest BCUT2D eigenvalue weighted by atomic mass is 16.1. The lowest BCUT2D eigenvalue weighted by molar-refractivity contribution is -0.114. The minimum Gasteiger partial charge on any atom is -0.366 e. The highest BCUT2D eigenvalue weighted by Crippen LogP contribution is 2.39. The van der Waals surface area contributed by atoms with Crippen molar-refractivity contribution >= 4 is 5.78 Å². The van der Waals surface area contributed by atoms with Crippen LogP contribution in [-0.4, -0.2) is 23.3 Å². The fraction of sp³-hybridized carbons (Fsp3) is 0.235. The lowest BCUT2D eigenvalue weighted by Crippen LogP contribution is -2.35. The summed E-state index contributed by atoms with van der Waals surface area (Å²) in [5, 5.41) is 0. The van der Waals surface area contributed by atoms with Crippen molar-refractivity contribution in [2.45, 2.75) is 18.9 Å². The molecule has 1 atom stereocenters. The summed E-state index contributed by atoms with van der Waals surface area (Å²) in [6.07, 6.45) is 18.4. The summed E-state index contributed by atoms with van der Waals surface area (Å²) in [7, 11) is 0. The fourth-order valence-electron chi connectivity index (χ4n) is 3.36. The summed E-state index contributed by atoms with van der Waals surface area (Å²) < 4.78 is 0. The minimum absolute atomic E-state index is 0.233. The standard InChI is InChI=1S/C17H15NO/c19-14-6-7-15-13(11-14)8-10-18-9-2-4-12-3-1-5-16(15)17(12)18/h1-5,7,9,11,17H,6,8,10H2. The van der Waals surface area contributed by atoms with E-state index in [1.807, 2.05) is 6.08 Å². The third kappa shape index (κ3) is 1.60. The maximum absolute atomic E-state index is 11.6. The first-order valence-electron chi connectivity index (χ1n) is 6.79. The van der Waals surface area contributed by atoms with Gasteiger partial charge in [-0.05, 0) is 47.1 Å². The van der Waals surface area contributed by atoms with Crippen molar-refractivity contribution in [1.29, 1.82) is 0 Å². The molecule has 0 N–H and O–H groups in total. The quantitative estimate of drug-likeness (QED) is 0.658. The Labute approximate surface area is 112 Å². The Morgan fingerprint density at radius 3 is 3.11 bits per heavy atom. The average molecular weight is 249 g/mol. The lowest BCUT2D eigenvalue weighted by Gasteiger charge is -2.35. The van der Waals surface area contributed by atoms with E-state index >= 15 is 0 Å². The van der Waals surface area contributed by atoms with Gasteiger partial charge in [-0.3, -0.25) is 4.79 Å². The van der Waals surface area contributed by atoms with Gasteiger partial charge in [-0.15, -0.1) is 0 Å². The second-order valence-corrected chi connectivity index (χ2v) is 5.34. The van der Waals surface area contributed by atoms with Crippen molar-refractivity contribution < 1.29 is 4.79 Å². The average Bonchev–Trinajstić information content (AvgIpc) is 2.59. The Balaban J connectivity index is 1.88. The Morgan fingerprint density at radius 1 is 1.21 bits per heavy atom. The van der Waals surface area contributed by atoms with Crippen LogP contribution in [0.2, 0.25) is 0 Å². The molecule has 1 fully saturated rings. The SMILES string of the molecule is O=C1C=C2CCN3C=CC=C4C=CC=C(C2=CC1)C43. The summed E-state index contributed by atoms with van der Waals surface area (Å²) >= 11 is 0. The summed E-state index contributed by atoms with van der Waals surface area (Å²) in [6, 6.07) is 0.334. The smallest absolute Gasteiger partial charge is 0.159 e. The molecular weight excluding hydrogens is 234 g/mol. The van der Waals surface area contributed by atoms with Gasteiger partial charge in [0.2, 0.25) is 0 Å². The number of nitrogens with zero attached hydrogens (tertiary/aromatic N) is 1. The van der Waals surface area contributed by atoms with E-state index in [4.69, 9.17) is 0 Å². The molecule has 0 amide bonds. The van der Waals surface area contributed by atoms with Crippen LogP contribution in [0.1, 0.15) is 12.8 Å². The first-order chi connectivity index (χ1) is 9.33. The van der Waals surface area contributed by atoms with Crippen LogP contribution in [0.3, 0.4) is 0 Å². The normalized spacial score (nSPS) is 27.7. The van der Waals surface area contributed by atoms with Gasteiger partial charge in [0, 0.05) is 13.0 Å². The van der Waals surface area contributed by atoms with Crippen LogP contribution in [0.5, 0.6) is 0 Å². The van der Waals surface area contributed by atoms with Crippen molar-refractivity contribution in [3.05, 3.63) is 71.0 Å². The predicted molar refractivity (Wildman–Crippen MR) is 75.3 cm³/mol. The van der Waals surface area contributed by atoms with Crippen LogP contribution >= 0.6 is 0 Å². The highest BCUT2D eigenvalue weighted by molar-refractivity contribution is 5.94. The van der Waals surface area contributed by atoms with E-state index in [0.717, 1.165) is 13.0 Å². The molecule has 1 saturated heterocycles. The predicted octanol–water partition coefficient (Wildman–Crippen LogP) is 2.84. The molecule has 1 unspecified atom stereocenters. The van der Waals surface area contributed by atoms with Crippen molar-refractivity contribution in [1.82, 2.24) is 4.90 Å². The van der Waals surface area contributed by atoms with Gasteiger partial charge in [0.05, 0.1) is 6.04 Å². The van der Waals surface area contributed by atoms with Gasteiger partial charge >= 0.3 is 0 Å². The van der Waals surface area contributed by atoms with Crippen molar-refractivity contribution in [3.63, 3.8) is 0 Å². The maximum Gasteiger partial charge on any atom is 0.159 e. The number of carbonyl (C=O) groups is 1. The van der Waals surface area contributed by atoms with Gasteiger partial charge in [0.1, 0.15) is 0 Å². The maximum atomic E-state index is 11.6. The molecule has 2 aliphatic heterocycles. The third-order valence-corrected chi connectivity index (χ3v) is 4.21. The molecule has 0 radical (unpaired) electrons. The first-order valence-corrected chi connectivity index (χ1v) is 6.79. The molecular formula is C17H15NO. The highest BCUT2D eigenvalue weighted by Gasteiger charge is 2.33. The van der Waals surface area contributed by atoms with Crippen LogP contribution < -0.4 is 0 Å². The van der Waals surface area contributed by atoms with Gasteiger partial charge in [0.25, 0.3) is 0 Å². The van der Waals surface area contributed by atoms with E-state index in [1.54, 1.807) is 0 Å². The minimum atomic E-state index is 0.233. The van der Waals surface area contributed by atoms with Crippen LogP contribution in [0, 0.1) is 0 Å². The number of carbonyl (C=O) groups excluding carboxylic acids is 1. The van der Waals surface area contributed by atoms with Gasteiger partial charge in [-0.2, -0.15) is 0 Å². The van der Waals surface area contributed by atoms with Gasteiger partial charge in [-0.25, -0.2) is 0 Å². The second-order valence-electron chi connectivity index (χ2n) is 5.34. The van der Waals surface area contributed by atoms with E-state index in [1.165, 1.54) is 22.3 Å². The summed E-state index contributed by atoms with van der Waals surface area (Å²) in [5.74, 6) is 0.233. The number of hydrogen-bond acceptors (Lipinski definition) is 2. The Morgan fingerprint density at radius 2 is 2.16 bits per heavy atom. The molecule has 0 spiro atoms. The second kappa shape index (κ2) is 3.95.